The molecule has 8 nitrogen and oxygen atoms in total. The number of nitro groups is 1. The van der Waals surface area contributed by atoms with Gasteiger partial charge in [-0.25, -0.2) is 4.79 Å². The predicted octanol–water partition coefficient (Wildman–Crippen LogP) is 4.20. The monoisotopic (exact) mass is 392 g/mol. The molecule has 0 atom stereocenters. The van der Waals surface area contributed by atoms with Gasteiger partial charge in [0, 0.05) is 36.6 Å². The third kappa shape index (κ3) is 5.77. The van der Waals surface area contributed by atoms with Crippen molar-refractivity contribution in [2.45, 2.75) is 20.1 Å². The van der Waals surface area contributed by atoms with Crippen molar-refractivity contribution in [2.24, 2.45) is 0 Å². The average molecular weight is 392 g/mol. The van der Waals surface area contributed by atoms with Crippen LogP contribution in [0.1, 0.15) is 16.7 Å². The number of non-ortho nitro benzene ring substituents is 1. The Morgan fingerprint density at radius 1 is 1.14 bits per heavy atom. The molecule has 0 bridgehead atoms. The third-order valence-corrected chi connectivity index (χ3v) is 4.18. The van der Waals surface area contributed by atoms with Crippen molar-refractivity contribution in [1.29, 1.82) is 0 Å². The molecular formula is C21H20N4O4. The summed E-state index contributed by atoms with van der Waals surface area (Å²) >= 11 is 0. The lowest BCUT2D eigenvalue weighted by Crippen LogP contribution is -2.28. The topological polar surface area (TPSA) is 106 Å². The molecule has 2 aromatic carbocycles. The lowest BCUT2D eigenvalue weighted by molar-refractivity contribution is -0.384. The first-order valence-electron chi connectivity index (χ1n) is 8.92. The van der Waals surface area contributed by atoms with Crippen LogP contribution in [0.3, 0.4) is 0 Å². The van der Waals surface area contributed by atoms with Gasteiger partial charge in [-0.05, 0) is 36.2 Å². The van der Waals surface area contributed by atoms with Crippen LogP contribution in [0.25, 0.3) is 0 Å². The van der Waals surface area contributed by atoms with Crippen molar-refractivity contribution in [3.05, 3.63) is 93.8 Å². The quantitative estimate of drug-likeness (QED) is 0.463. The van der Waals surface area contributed by atoms with E-state index in [0.29, 0.717) is 24.6 Å². The van der Waals surface area contributed by atoms with Gasteiger partial charge in [-0.3, -0.25) is 15.1 Å². The van der Waals surface area contributed by atoms with Gasteiger partial charge in [0.05, 0.1) is 10.6 Å². The Hall–Kier alpha value is -3.94. The minimum atomic E-state index is -0.500. The van der Waals surface area contributed by atoms with Gasteiger partial charge in [0.15, 0.2) is 0 Å². The highest BCUT2D eigenvalue weighted by Gasteiger charge is 2.11. The zero-order valence-corrected chi connectivity index (χ0v) is 15.8. The van der Waals surface area contributed by atoms with Crippen LogP contribution in [0.4, 0.5) is 16.2 Å². The van der Waals surface area contributed by atoms with Gasteiger partial charge >= 0.3 is 6.03 Å². The minimum absolute atomic E-state index is 0.0761. The Morgan fingerprint density at radius 3 is 2.62 bits per heavy atom. The molecule has 2 amide bonds. The van der Waals surface area contributed by atoms with Gasteiger partial charge in [0.25, 0.3) is 5.69 Å². The van der Waals surface area contributed by atoms with Crippen molar-refractivity contribution in [2.75, 3.05) is 5.32 Å². The fraction of sp³-hybridized carbons (Fsp3) is 0.143. The van der Waals surface area contributed by atoms with Gasteiger partial charge < -0.3 is 15.4 Å². The summed E-state index contributed by atoms with van der Waals surface area (Å²) in [5.41, 5.74) is 2.93. The smallest absolute Gasteiger partial charge is 0.319 e. The van der Waals surface area contributed by atoms with E-state index >= 15 is 0 Å². The van der Waals surface area contributed by atoms with E-state index < -0.39 is 11.0 Å². The fourth-order valence-electron chi connectivity index (χ4n) is 2.56. The number of nitro benzene ring substituents is 1. The van der Waals surface area contributed by atoms with Crippen LogP contribution in [0, 0.1) is 17.0 Å². The number of hydrogen-bond acceptors (Lipinski definition) is 5. The maximum absolute atomic E-state index is 12.1. The van der Waals surface area contributed by atoms with E-state index in [-0.39, 0.29) is 5.69 Å². The molecule has 3 rings (SSSR count). The predicted molar refractivity (Wildman–Crippen MR) is 109 cm³/mol. The summed E-state index contributed by atoms with van der Waals surface area (Å²) in [6.45, 7) is 2.50. The second-order valence-electron chi connectivity index (χ2n) is 6.36. The second-order valence-corrected chi connectivity index (χ2v) is 6.36. The highest BCUT2D eigenvalue weighted by Crippen LogP contribution is 2.21. The summed E-state index contributed by atoms with van der Waals surface area (Å²) in [6, 6.07) is 15.1. The summed E-state index contributed by atoms with van der Waals surface area (Å²) in [5, 5.41) is 16.3. The molecule has 2 N–H and O–H groups in total. The van der Waals surface area contributed by atoms with Gasteiger partial charge in [-0.2, -0.15) is 0 Å². The standard InChI is InChI=1S/C21H20N4O4/c1-15-4-7-18(25(27)28)11-20(15)24-21(26)23-13-16-5-8-19(9-6-16)29-14-17-3-2-10-22-12-17/h2-12H,13-14H2,1H3,(H2,23,24,26). The molecule has 0 saturated heterocycles. The van der Waals surface area contributed by atoms with Crippen molar-refractivity contribution in [3.63, 3.8) is 0 Å². The molecule has 0 aliphatic carbocycles. The highest BCUT2D eigenvalue weighted by molar-refractivity contribution is 5.90. The number of rotatable bonds is 7. The Labute approximate surface area is 167 Å². The number of carbonyl (C=O) groups excluding carboxylic acids is 1. The summed E-state index contributed by atoms with van der Waals surface area (Å²) in [4.78, 5) is 26.5. The molecule has 0 saturated carbocycles. The number of anilines is 1. The Balaban J connectivity index is 1.50. The molecule has 1 aromatic heterocycles. The number of pyridine rings is 1. The Morgan fingerprint density at radius 2 is 1.93 bits per heavy atom. The maximum Gasteiger partial charge on any atom is 0.319 e. The van der Waals surface area contributed by atoms with Crippen molar-refractivity contribution >= 4 is 17.4 Å². The Bertz CT molecular complexity index is 991. The first kappa shape index (κ1) is 19.8. The highest BCUT2D eigenvalue weighted by atomic mass is 16.6. The normalized spacial score (nSPS) is 10.2. The van der Waals surface area contributed by atoms with E-state index in [1.807, 2.05) is 36.4 Å². The van der Waals surface area contributed by atoms with Crippen molar-refractivity contribution in [1.82, 2.24) is 10.3 Å². The number of aryl methyl sites for hydroxylation is 1. The number of nitrogens with zero attached hydrogens (tertiary/aromatic N) is 2. The molecule has 29 heavy (non-hydrogen) atoms. The van der Waals surface area contributed by atoms with Gasteiger partial charge in [0.1, 0.15) is 12.4 Å². The third-order valence-electron chi connectivity index (χ3n) is 4.18. The molecule has 1 heterocycles. The van der Waals surface area contributed by atoms with E-state index in [4.69, 9.17) is 4.74 Å². The lowest BCUT2D eigenvalue weighted by atomic mass is 10.2. The molecular weight excluding hydrogens is 372 g/mol. The molecule has 0 spiro atoms. The van der Waals surface area contributed by atoms with Crippen molar-refractivity contribution in [3.8, 4) is 5.75 Å². The van der Waals surface area contributed by atoms with E-state index in [9.17, 15) is 14.9 Å². The first-order chi connectivity index (χ1) is 14.0. The molecule has 148 valence electrons. The maximum atomic E-state index is 12.1. The number of nitrogens with one attached hydrogen (secondary N) is 2. The zero-order chi connectivity index (χ0) is 20.6. The van der Waals surface area contributed by atoms with Crippen molar-refractivity contribution < 1.29 is 14.5 Å². The van der Waals surface area contributed by atoms with Gasteiger partial charge in [0.2, 0.25) is 0 Å². The molecule has 8 heteroatoms. The van der Waals surface area contributed by atoms with Crippen LogP contribution in [-0.2, 0) is 13.2 Å². The van der Waals surface area contributed by atoms with Gasteiger partial charge in [-0.15, -0.1) is 0 Å². The van der Waals surface area contributed by atoms with Crippen LogP contribution >= 0.6 is 0 Å². The molecule has 0 fully saturated rings. The van der Waals surface area contributed by atoms with Crippen LogP contribution in [0.5, 0.6) is 5.75 Å². The first-order valence-corrected chi connectivity index (χ1v) is 8.92. The lowest BCUT2D eigenvalue weighted by Gasteiger charge is -2.10. The number of amides is 2. The largest absolute Gasteiger partial charge is 0.489 e. The number of ether oxygens (including phenoxy) is 1. The SMILES string of the molecule is Cc1ccc([N+](=O)[O-])cc1NC(=O)NCc1ccc(OCc2cccnc2)cc1. The number of carbonyl (C=O) groups is 1. The summed E-state index contributed by atoms with van der Waals surface area (Å²) in [5.74, 6) is 0.717. The van der Waals surface area contributed by atoms with Crippen LogP contribution in [0.2, 0.25) is 0 Å². The van der Waals surface area contributed by atoms with Crippen LogP contribution in [0.15, 0.2) is 67.0 Å². The number of urea groups is 1. The van der Waals surface area contributed by atoms with E-state index in [1.54, 1.807) is 25.4 Å². The number of hydrogen-bond donors (Lipinski definition) is 2. The average Bonchev–Trinajstić information content (AvgIpc) is 2.73. The summed E-state index contributed by atoms with van der Waals surface area (Å²) < 4.78 is 5.70. The molecule has 0 aliphatic rings. The van der Waals surface area contributed by atoms with E-state index in [1.165, 1.54) is 12.1 Å². The summed E-state index contributed by atoms with van der Waals surface area (Å²) in [7, 11) is 0. The minimum Gasteiger partial charge on any atom is -0.489 e. The van der Waals surface area contributed by atoms with Crippen LogP contribution < -0.4 is 15.4 Å². The zero-order valence-electron chi connectivity index (χ0n) is 15.8. The number of aromatic nitrogens is 1. The second kappa shape index (κ2) is 9.32. The fourth-order valence-corrected chi connectivity index (χ4v) is 2.56. The van der Waals surface area contributed by atoms with E-state index in [0.717, 1.165) is 16.7 Å². The molecule has 0 radical (unpaired) electrons. The molecule has 3 aromatic rings. The summed E-state index contributed by atoms with van der Waals surface area (Å²) in [6.07, 6.45) is 3.46. The molecule has 0 aliphatic heterocycles. The van der Waals surface area contributed by atoms with E-state index in [2.05, 4.69) is 15.6 Å². The van der Waals surface area contributed by atoms with Gasteiger partial charge in [-0.1, -0.05) is 24.3 Å². The number of benzene rings is 2. The van der Waals surface area contributed by atoms with Crippen LogP contribution in [-0.4, -0.2) is 15.9 Å². The Kier molecular flexibility index (Phi) is 6.36. The molecule has 0 unspecified atom stereocenters.